The summed E-state index contributed by atoms with van der Waals surface area (Å²) in [6.07, 6.45) is -2.05. The molecule has 1 aliphatic rings. The number of carbonyl (C=O) groups is 2. The maximum absolute atomic E-state index is 13.3. The van der Waals surface area contributed by atoms with Gasteiger partial charge in [0.15, 0.2) is 0 Å². The molecule has 0 saturated carbocycles. The number of hydrogen-bond donors (Lipinski definition) is 1. The second-order valence-electron chi connectivity index (χ2n) is 7.36. The Morgan fingerprint density at radius 2 is 1.75 bits per heavy atom. The fourth-order valence-corrected chi connectivity index (χ4v) is 4.57. The van der Waals surface area contributed by atoms with Gasteiger partial charge in [-0.3, -0.25) is 9.59 Å². The number of halogens is 4. The minimum Gasteiger partial charge on any atom is -0.322 e. The van der Waals surface area contributed by atoms with Crippen molar-refractivity contribution >= 4 is 34.5 Å². The Labute approximate surface area is 185 Å². The first-order chi connectivity index (χ1) is 15.2. The van der Waals surface area contributed by atoms with E-state index < -0.39 is 29.0 Å². The zero-order chi connectivity index (χ0) is 22.9. The summed E-state index contributed by atoms with van der Waals surface area (Å²) in [6, 6.07) is 9.75. The molecule has 2 aromatic carbocycles. The van der Waals surface area contributed by atoms with Crippen LogP contribution in [0.5, 0.6) is 0 Å². The van der Waals surface area contributed by atoms with E-state index in [-0.39, 0.29) is 17.7 Å². The molecular formula is C23H18F4N2O2S. The molecule has 0 saturated heterocycles. The predicted molar refractivity (Wildman–Crippen MR) is 115 cm³/mol. The van der Waals surface area contributed by atoms with Crippen molar-refractivity contribution in [1.82, 2.24) is 0 Å². The molecule has 0 fully saturated rings. The number of alkyl halides is 3. The van der Waals surface area contributed by atoms with Gasteiger partial charge in [0.2, 0.25) is 0 Å². The number of aryl methyl sites for hydroxylation is 1. The number of amides is 2. The highest BCUT2D eigenvalue weighted by atomic mass is 32.1. The molecule has 1 aromatic heterocycles. The van der Waals surface area contributed by atoms with Gasteiger partial charge < -0.3 is 10.2 Å². The average Bonchev–Trinajstić information content (AvgIpc) is 3.12. The highest BCUT2D eigenvalue weighted by Gasteiger charge is 2.35. The fraction of sp³-hybridized carbons (Fsp3) is 0.217. The summed E-state index contributed by atoms with van der Waals surface area (Å²) in [6.45, 7) is 0.603. The third-order valence-electron chi connectivity index (χ3n) is 5.21. The van der Waals surface area contributed by atoms with Gasteiger partial charge in [0.25, 0.3) is 11.8 Å². The summed E-state index contributed by atoms with van der Waals surface area (Å²) in [5.74, 6) is -2.28. The number of benzene rings is 2. The van der Waals surface area contributed by atoms with Crippen LogP contribution in [-0.4, -0.2) is 18.4 Å². The van der Waals surface area contributed by atoms with E-state index in [9.17, 15) is 27.2 Å². The van der Waals surface area contributed by atoms with Gasteiger partial charge in [-0.05, 0) is 73.2 Å². The van der Waals surface area contributed by atoms with Gasteiger partial charge in [-0.25, -0.2) is 4.39 Å². The summed E-state index contributed by atoms with van der Waals surface area (Å²) in [4.78, 5) is 28.3. The molecule has 1 aliphatic heterocycles. The van der Waals surface area contributed by atoms with Crippen molar-refractivity contribution < 1.29 is 27.2 Å². The van der Waals surface area contributed by atoms with Crippen LogP contribution in [0.15, 0.2) is 53.9 Å². The molecule has 4 rings (SSSR count). The lowest BCUT2D eigenvalue weighted by Crippen LogP contribution is -2.31. The fourth-order valence-electron chi connectivity index (χ4n) is 3.65. The van der Waals surface area contributed by atoms with Gasteiger partial charge >= 0.3 is 6.18 Å². The number of carbonyl (C=O) groups excluding carboxylic acids is 2. The van der Waals surface area contributed by atoms with Crippen LogP contribution in [0, 0.1) is 5.82 Å². The molecule has 0 aliphatic carbocycles. The van der Waals surface area contributed by atoms with Crippen molar-refractivity contribution in [3.63, 3.8) is 0 Å². The Kier molecular flexibility index (Phi) is 6.01. The van der Waals surface area contributed by atoms with Gasteiger partial charge in [0, 0.05) is 22.7 Å². The molecule has 2 heterocycles. The smallest absolute Gasteiger partial charge is 0.322 e. The largest absolute Gasteiger partial charge is 0.417 e. The van der Waals surface area contributed by atoms with E-state index in [4.69, 9.17) is 0 Å². The van der Waals surface area contributed by atoms with E-state index in [1.54, 1.807) is 16.2 Å². The van der Waals surface area contributed by atoms with Gasteiger partial charge in [0.1, 0.15) is 5.82 Å². The van der Waals surface area contributed by atoms with Gasteiger partial charge in [-0.2, -0.15) is 13.2 Å². The average molecular weight is 462 g/mol. The highest BCUT2D eigenvalue weighted by molar-refractivity contribution is 7.10. The van der Waals surface area contributed by atoms with Crippen LogP contribution in [0.1, 0.15) is 44.0 Å². The van der Waals surface area contributed by atoms with Crippen molar-refractivity contribution in [2.45, 2.75) is 25.4 Å². The van der Waals surface area contributed by atoms with Crippen molar-refractivity contribution in [2.24, 2.45) is 0 Å². The topological polar surface area (TPSA) is 49.4 Å². The molecule has 9 heteroatoms. The van der Waals surface area contributed by atoms with Crippen LogP contribution in [0.4, 0.5) is 28.9 Å². The van der Waals surface area contributed by atoms with Gasteiger partial charge in [-0.15, -0.1) is 11.3 Å². The number of nitrogens with one attached hydrogen (secondary N) is 1. The minimum absolute atomic E-state index is 0.178. The van der Waals surface area contributed by atoms with E-state index in [1.165, 1.54) is 29.1 Å². The van der Waals surface area contributed by atoms with Crippen molar-refractivity contribution in [3.05, 3.63) is 81.3 Å². The van der Waals surface area contributed by atoms with Gasteiger partial charge in [0.05, 0.1) is 16.8 Å². The number of fused-ring (bicyclic) bond motifs is 1. The second kappa shape index (κ2) is 8.74. The number of rotatable bonds is 3. The van der Waals surface area contributed by atoms with Crippen molar-refractivity contribution in [2.75, 3.05) is 16.8 Å². The Balaban J connectivity index is 1.52. The number of nitrogens with zero attached hydrogens (tertiary/aromatic N) is 1. The summed E-state index contributed by atoms with van der Waals surface area (Å²) in [5.41, 5.74) is -0.509. The van der Waals surface area contributed by atoms with Crippen LogP contribution in [0.25, 0.3) is 0 Å². The second-order valence-corrected chi connectivity index (χ2v) is 8.36. The van der Waals surface area contributed by atoms with Crippen LogP contribution < -0.4 is 10.2 Å². The first-order valence-corrected chi connectivity index (χ1v) is 10.8. The van der Waals surface area contributed by atoms with E-state index in [2.05, 4.69) is 5.32 Å². The standard InChI is InChI=1S/C23H18F4N2O2S/c24-15-6-9-17(18(13-15)23(25,26)27)21(30)28-16-7-4-14(5-8-16)22(31)29-11-2-1-3-20-19(29)10-12-32-20/h4-10,12-13H,1-3,11H2,(H,28,30). The summed E-state index contributed by atoms with van der Waals surface area (Å²) in [5, 5.41) is 4.33. The molecule has 2 amide bonds. The highest BCUT2D eigenvalue weighted by Crippen LogP contribution is 2.34. The lowest BCUT2D eigenvalue weighted by molar-refractivity contribution is -0.138. The normalized spacial score (nSPS) is 13.9. The van der Waals surface area contributed by atoms with Crippen LogP contribution in [0.2, 0.25) is 0 Å². The Morgan fingerprint density at radius 1 is 1.00 bits per heavy atom. The molecule has 32 heavy (non-hydrogen) atoms. The van der Waals surface area contributed by atoms with E-state index in [0.717, 1.165) is 37.1 Å². The van der Waals surface area contributed by atoms with Crippen LogP contribution in [-0.2, 0) is 12.6 Å². The van der Waals surface area contributed by atoms with Crippen molar-refractivity contribution in [1.29, 1.82) is 0 Å². The zero-order valence-corrected chi connectivity index (χ0v) is 17.5. The summed E-state index contributed by atoms with van der Waals surface area (Å²) in [7, 11) is 0. The Bertz CT molecular complexity index is 1160. The molecule has 4 nitrogen and oxygen atoms in total. The molecule has 1 N–H and O–H groups in total. The summed E-state index contributed by atoms with van der Waals surface area (Å²) >= 11 is 1.62. The predicted octanol–water partition coefficient (Wildman–Crippen LogP) is 6.14. The quantitative estimate of drug-likeness (QED) is 0.475. The zero-order valence-electron chi connectivity index (χ0n) is 16.7. The number of hydrogen-bond acceptors (Lipinski definition) is 3. The first-order valence-electron chi connectivity index (χ1n) is 9.90. The molecule has 0 bridgehead atoms. The molecule has 0 atom stereocenters. The van der Waals surface area contributed by atoms with E-state index in [1.807, 2.05) is 11.4 Å². The lowest BCUT2D eigenvalue weighted by Gasteiger charge is -2.21. The van der Waals surface area contributed by atoms with Crippen molar-refractivity contribution in [3.8, 4) is 0 Å². The first kappa shape index (κ1) is 22.0. The summed E-state index contributed by atoms with van der Waals surface area (Å²) < 4.78 is 52.8. The third kappa shape index (κ3) is 4.52. The number of anilines is 2. The minimum atomic E-state index is -4.88. The molecule has 3 aromatic rings. The monoisotopic (exact) mass is 462 g/mol. The maximum Gasteiger partial charge on any atom is 0.417 e. The lowest BCUT2D eigenvalue weighted by atomic mass is 10.1. The molecule has 0 spiro atoms. The van der Waals surface area contributed by atoms with Gasteiger partial charge in [-0.1, -0.05) is 0 Å². The SMILES string of the molecule is O=C(Nc1ccc(C(=O)N2CCCCc3sccc32)cc1)c1ccc(F)cc1C(F)(F)F. The molecule has 0 unspecified atom stereocenters. The Morgan fingerprint density at radius 3 is 2.47 bits per heavy atom. The van der Waals surface area contributed by atoms with E-state index >= 15 is 0 Å². The van der Waals surface area contributed by atoms with E-state index in [0.29, 0.717) is 12.1 Å². The Hall–Kier alpha value is -3.20. The molecule has 0 radical (unpaired) electrons. The molecular weight excluding hydrogens is 444 g/mol. The van der Waals surface area contributed by atoms with Crippen LogP contribution >= 0.6 is 11.3 Å². The maximum atomic E-state index is 13.3. The number of thiophene rings is 1. The molecule has 166 valence electrons. The third-order valence-corrected chi connectivity index (χ3v) is 6.18. The van der Waals surface area contributed by atoms with Crippen LogP contribution in [0.3, 0.4) is 0 Å².